The lowest BCUT2D eigenvalue weighted by atomic mass is 10.1. The maximum Gasteiger partial charge on any atom is 0.248 e. The van der Waals surface area contributed by atoms with Crippen molar-refractivity contribution >= 4 is 15.9 Å². The maximum atomic E-state index is 11.8. The highest BCUT2D eigenvalue weighted by molar-refractivity contribution is 7.89. The molecule has 19 heavy (non-hydrogen) atoms. The number of aromatic nitrogens is 2. The number of nitrogens with one attached hydrogen (secondary N) is 2. The zero-order valence-corrected chi connectivity index (χ0v) is 10.6. The van der Waals surface area contributed by atoms with Gasteiger partial charge in [0.1, 0.15) is 4.90 Å². The highest BCUT2D eigenvalue weighted by atomic mass is 32.2. The summed E-state index contributed by atoms with van der Waals surface area (Å²) in [7, 11) is -3.61. The molecule has 0 saturated carbocycles. The minimum atomic E-state index is -3.61. The molecular weight excluding hydrogens is 268 g/mol. The van der Waals surface area contributed by atoms with Crippen LogP contribution in [0.1, 0.15) is 15.9 Å². The number of aromatic amines is 1. The molecule has 8 heteroatoms. The van der Waals surface area contributed by atoms with Crippen LogP contribution in [-0.2, 0) is 16.6 Å². The molecule has 0 aliphatic heterocycles. The Morgan fingerprint density at radius 3 is 2.84 bits per heavy atom. The van der Waals surface area contributed by atoms with E-state index in [1.54, 1.807) is 24.3 Å². The number of benzene rings is 1. The third-order valence-corrected chi connectivity index (χ3v) is 3.83. The van der Waals surface area contributed by atoms with Gasteiger partial charge in [0.05, 0.1) is 6.20 Å². The molecule has 1 heterocycles. The molecule has 0 unspecified atom stereocenters. The molecule has 0 atom stereocenters. The first kappa shape index (κ1) is 13.2. The number of rotatable bonds is 5. The van der Waals surface area contributed by atoms with Crippen LogP contribution < -0.4 is 10.5 Å². The normalized spacial score (nSPS) is 11.4. The smallest absolute Gasteiger partial charge is 0.248 e. The summed E-state index contributed by atoms with van der Waals surface area (Å²) < 4.78 is 26.0. The Labute approximate surface area is 109 Å². The minimum absolute atomic E-state index is 0.0542. The fraction of sp³-hybridized carbons (Fsp3) is 0.0909. The lowest BCUT2D eigenvalue weighted by Crippen LogP contribution is -2.23. The van der Waals surface area contributed by atoms with Gasteiger partial charge in [-0.05, 0) is 17.7 Å². The summed E-state index contributed by atoms with van der Waals surface area (Å²) in [6, 6.07) is 6.45. The van der Waals surface area contributed by atoms with Gasteiger partial charge in [-0.15, -0.1) is 0 Å². The molecule has 2 rings (SSSR count). The Hall–Kier alpha value is -2.19. The van der Waals surface area contributed by atoms with Crippen LogP contribution in [0.25, 0.3) is 0 Å². The second kappa shape index (κ2) is 5.21. The average molecular weight is 280 g/mol. The Kier molecular flexibility index (Phi) is 3.63. The Bertz CT molecular complexity index is 680. The van der Waals surface area contributed by atoms with Crippen LogP contribution in [0, 0.1) is 0 Å². The Balaban J connectivity index is 2.11. The second-order valence-corrected chi connectivity index (χ2v) is 5.59. The first-order valence-corrected chi connectivity index (χ1v) is 6.84. The summed E-state index contributed by atoms with van der Waals surface area (Å²) in [5.41, 5.74) is 6.13. The van der Waals surface area contributed by atoms with Crippen molar-refractivity contribution in [3.05, 3.63) is 47.8 Å². The van der Waals surface area contributed by atoms with Crippen molar-refractivity contribution in [1.29, 1.82) is 0 Å². The quantitative estimate of drug-likeness (QED) is 0.713. The van der Waals surface area contributed by atoms with E-state index in [0.717, 1.165) is 0 Å². The van der Waals surface area contributed by atoms with Gasteiger partial charge in [0.2, 0.25) is 15.9 Å². The Morgan fingerprint density at radius 1 is 1.42 bits per heavy atom. The topological polar surface area (TPSA) is 118 Å². The van der Waals surface area contributed by atoms with E-state index < -0.39 is 15.9 Å². The van der Waals surface area contributed by atoms with Gasteiger partial charge in [-0.2, -0.15) is 5.10 Å². The maximum absolute atomic E-state index is 11.8. The molecule has 0 bridgehead atoms. The predicted octanol–water partition coefficient (Wildman–Crippen LogP) is -0.0129. The lowest BCUT2D eigenvalue weighted by Gasteiger charge is -2.05. The molecular formula is C11H12N4O3S. The third kappa shape index (κ3) is 3.18. The monoisotopic (exact) mass is 280 g/mol. The SMILES string of the molecule is NC(=O)c1cccc(CNS(=O)(=O)c2cn[nH]c2)c1. The predicted molar refractivity (Wildman–Crippen MR) is 67.6 cm³/mol. The summed E-state index contributed by atoms with van der Waals surface area (Å²) in [6.07, 6.45) is 2.49. The van der Waals surface area contributed by atoms with Crippen LogP contribution in [0.2, 0.25) is 0 Å². The van der Waals surface area contributed by atoms with E-state index in [0.29, 0.717) is 11.1 Å². The van der Waals surface area contributed by atoms with Crippen LogP contribution in [0.4, 0.5) is 0 Å². The van der Waals surface area contributed by atoms with Crippen LogP contribution in [0.15, 0.2) is 41.6 Å². The molecule has 4 N–H and O–H groups in total. The van der Waals surface area contributed by atoms with E-state index in [4.69, 9.17) is 5.73 Å². The fourth-order valence-corrected chi connectivity index (χ4v) is 2.40. The van der Waals surface area contributed by atoms with E-state index in [-0.39, 0.29) is 11.4 Å². The molecule has 0 fully saturated rings. The number of hydrogen-bond acceptors (Lipinski definition) is 4. The van der Waals surface area contributed by atoms with Gasteiger partial charge < -0.3 is 5.73 Å². The van der Waals surface area contributed by atoms with Crippen molar-refractivity contribution in [2.24, 2.45) is 5.73 Å². The first-order chi connectivity index (χ1) is 8.99. The average Bonchev–Trinajstić information content (AvgIpc) is 2.91. The van der Waals surface area contributed by atoms with Gasteiger partial charge in [0.15, 0.2) is 0 Å². The molecule has 1 amide bonds. The number of carbonyl (C=O) groups excluding carboxylic acids is 1. The zero-order valence-electron chi connectivity index (χ0n) is 9.83. The van der Waals surface area contributed by atoms with Crippen molar-refractivity contribution in [2.45, 2.75) is 11.4 Å². The summed E-state index contributed by atoms with van der Waals surface area (Å²) in [5.74, 6) is -0.556. The van der Waals surface area contributed by atoms with Crippen LogP contribution in [0.5, 0.6) is 0 Å². The number of carbonyl (C=O) groups is 1. The van der Waals surface area contributed by atoms with Crippen LogP contribution in [-0.4, -0.2) is 24.5 Å². The molecule has 7 nitrogen and oxygen atoms in total. The van der Waals surface area contributed by atoms with Crippen molar-refractivity contribution in [2.75, 3.05) is 0 Å². The van der Waals surface area contributed by atoms with Crippen molar-refractivity contribution in [1.82, 2.24) is 14.9 Å². The summed E-state index contributed by atoms with van der Waals surface area (Å²) in [4.78, 5) is 11.1. The largest absolute Gasteiger partial charge is 0.366 e. The molecule has 1 aromatic carbocycles. The minimum Gasteiger partial charge on any atom is -0.366 e. The highest BCUT2D eigenvalue weighted by Crippen LogP contribution is 2.08. The molecule has 0 radical (unpaired) electrons. The van der Waals surface area contributed by atoms with Crippen molar-refractivity contribution < 1.29 is 13.2 Å². The van der Waals surface area contributed by atoms with E-state index in [1.807, 2.05) is 0 Å². The molecule has 0 aliphatic carbocycles. The van der Waals surface area contributed by atoms with Crippen molar-refractivity contribution in [3.63, 3.8) is 0 Å². The van der Waals surface area contributed by atoms with Crippen LogP contribution in [0.3, 0.4) is 0 Å². The molecule has 100 valence electrons. The van der Waals surface area contributed by atoms with E-state index >= 15 is 0 Å². The molecule has 0 saturated heterocycles. The number of amides is 1. The van der Waals surface area contributed by atoms with Gasteiger partial charge in [-0.25, -0.2) is 13.1 Å². The van der Waals surface area contributed by atoms with Gasteiger partial charge in [0, 0.05) is 18.3 Å². The van der Waals surface area contributed by atoms with Crippen molar-refractivity contribution in [3.8, 4) is 0 Å². The molecule has 0 spiro atoms. The molecule has 2 aromatic rings. The van der Waals surface area contributed by atoms with Gasteiger partial charge in [-0.1, -0.05) is 12.1 Å². The number of H-pyrrole nitrogens is 1. The van der Waals surface area contributed by atoms with E-state index in [1.165, 1.54) is 12.4 Å². The lowest BCUT2D eigenvalue weighted by molar-refractivity contribution is 0.1000. The highest BCUT2D eigenvalue weighted by Gasteiger charge is 2.14. The third-order valence-electron chi connectivity index (χ3n) is 2.46. The van der Waals surface area contributed by atoms with E-state index in [2.05, 4.69) is 14.9 Å². The summed E-state index contributed by atoms with van der Waals surface area (Å²) >= 11 is 0. The second-order valence-electron chi connectivity index (χ2n) is 3.82. The number of primary amides is 1. The molecule has 1 aromatic heterocycles. The summed E-state index contributed by atoms with van der Waals surface area (Å²) in [6.45, 7) is 0.0641. The van der Waals surface area contributed by atoms with Gasteiger partial charge in [0.25, 0.3) is 0 Å². The number of nitrogens with zero attached hydrogens (tertiary/aromatic N) is 1. The Morgan fingerprint density at radius 2 is 2.21 bits per heavy atom. The number of sulfonamides is 1. The standard InChI is InChI=1S/C11H12N4O3S/c12-11(16)9-3-1-2-8(4-9)5-15-19(17,18)10-6-13-14-7-10/h1-4,6-7,15H,5H2,(H2,12,16)(H,13,14). The summed E-state index contributed by atoms with van der Waals surface area (Å²) in [5, 5.41) is 6.00. The number of hydrogen-bond donors (Lipinski definition) is 3. The zero-order chi connectivity index (χ0) is 13.9. The van der Waals surface area contributed by atoms with Gasteiger partial charge >= 0.3 is 0 Å². The molecule has 0 aliphatic rings. The van der Waals surface area contributed by atoms with Gasteiger partial charge in [-0.3, -0.25) is 9.89 Å². The van der Waals surface area contributed by atoms with E-state index in [9.17, 15) is 13.2 Å². The first-order valence-electron chi connectivity index (χ1n) is 5.36. The number of nitrogens with two attached hydrogens (primary N) is 1. The van der Waals surface area contributed by atoms with Crippen LogP contribution >= 0.6 is 0 Å². The fourth-order valence-electron chi connectivity index (χ4n) is 1.48.